The average molecular weight is 428 g/mol. The number of carbonyl (C=O) groups is 2. The van der Waals surface area contributed by atoms with Crippen molar-refractivity contribution in [3.8, 4) is 11.3 Å². The van der Waals surface area contributed by atoms with E-state index in [9.17, 15) is 9.59 Å². The van der Waals surface area contributed by atoms with Gasteiger partial charge in [0.15, 0.2) is 5.65 Å². The molecule has 2 N–H and O–H groups in total. The van der Waals surface area contributed by atoms with Crippen LogP contribution in [0.25, 0.3) is 22.3 Å². The van der Waals surface area contributed by atoms with E-state index in [0.717, 1.165) is 11.3 Å². The highest BCUT2D eigenvalue weighted by Gasteiger charge is 2.20. The van der Waals surface area contributed by atoms with Gasteiger partial charge in [0.25, 0.3) is 11.8 Å². The average Bonchev–Trinajstić information content (AvgIpc) is 3.10. The van der Waals surface area contributed by atoms with Gasteiger partial charge in [-0.05, 0) is 31.2 Å². The third-order valence-electron chi connectivity index (χ3n) is 5.20. The van der Waals surface area contributed by atoms with Gasteiger partial charge in [0.05, 0.1) is 22.3 Å². The number of rotatable bonds is 4. The van der Waals surface area contributed by atoms with Crippen molar-refractivity contribution in [2.45, 2.75) is 6.92 Å². The van der Waals surface area contributed by atoms with Crippen LogP contribution >= 0.6 is 0 Å². The lowest BCUT2D eigenvalue weighted by Crippen LogP contribution is -2.41. The van der Waals surface area contributed by atoms with Crippen molar-refractivity contribution in [1.29, 1.82) is 0 Å². The number of pyridine rings is 1. The van der Waals surface area contributed by atoms with E-state index in [4.69, 9.17) is 4.98 Å². The van der Waals surface area contributed by atoms with Crippen LogP contribution in [0, 0.1) is 6.92 Å². The van der Waals surface area contributed by atoms with Gasteiger partial charge in [-0.3, -0.25) is 25.1 Å². The second-order valence-corrected chi connectivity index (χ2v) is 7.68. The predicted molar refractivity (Wildman–Crippen MR) is 124 cm³/mol. The Morgan fingerprint density at radius 3 is 2.38 bits per heavy atom. The summed E-state index contributed by atoms with van der Waals surface area (Å²) < 4.78 is 1.65. The van der Waals surface area contributed by atoms with Gasteiger partial charge in [0.2, 0.25) is 0 Å². The monoisotopic (exact) mass is 428 g/mol. The first-order valence-corrected chi connectivity index (χ1v) is 10.1. The minimum absolute atomic E-state index is 0.391. The fraction of sp³-hybridized carbons (Fsp3) is 0.167. The molecule has 2 heterocycles. The molecule has 0 aliphatic rings. The molecular weight excluding hydrogens is 404 g/mol. The number of aromatic nitrogens is 3. The van der Waals surface area contributed by atoms with Crippen LogP contribution in [-0.2, 0) is 7.05 Å². The molecule has 0 unspecified atom stereocenters. The summed E-state index contributed by atoms with van der Waals surface area (Å²) in [5.74, 6) is -0.846. The molecule has 4 aromatic rings. The highest BCUT2D eigenvalue weighted by atomic mass is 16.2. The van der Waals surface area contributed by atoms with E-state index in [1.54, 1.807) is 36.0 Å². The zero-order valence-corrected chi connectivity index (χ0v) is 18.4. The van der Waals surface area contributed by atoms with E-state index >= 15 is 0 Å². The van der Waals surface area contributed by atoms with Crippen LogP contribution in [0.2, 0.25) is 0 Å². The number of amides is 2. The molecular formula is C24H24N6O2. The zero-order chi connectivity index (χ0) is 22.8. The summed E-state index contributed by atoms with van der Waals surface area (Å²) in [4.78, 5) is 32.3. The zero-order valence-electron chi connectivity index (χ0n) is 18.4. The number of nitrogens with zero attached hydrogens (tertiary/aromatic N) is 4. The SMILES string of the molecule is Cc1nn(C)c2nc(-c3ccccc3)cc(C(=O)NNC(=O)c3cccc(N(C)C)c3)c12. The van der Waals surface area contributed by atoms with Crippen LogP contribution in [0.5, 0.6) is 0 Å². The second-order valence-electron chi connectivity index (χ2n) is 7.68. The van der Waals surface area contributed by atoms with Crippen molar-refractivity contribution in [3.63, 3.8) is 0 Å². The molecule has 8 heteroatoms. The van der Waals surface area contributed by atoms with Crippen LogP contribution in [0.4, 0.5) is 5.69 Å². The van der Waals surface area contributed by atoms with Crippen LogP contribution in [0.1, 0.15) is 26.4 Å². The number of hydrogen-bond donors (Lipinski definition) is 2. The van der Waals surface area contributed by atoms with Crippen LogP contribution in [0.15, 0.2) is 60.7 Å². The highest BCUT2D eigenvalue weighted by Crippen LogP contribution is 2.26. The topological polar surface area (TPSA) is 92.1 Å². The van der Waals surface area contributed by atoms with Gasteiger partial charge in [0.1, 0.15) is 0 Å². The molecule has 0 saturated carbocycles. The third-order valence-corrected chi connectivity index (χ3v) is 5.20. The van der Waals surface area contributed by atoms with Crippen molar-refractivity contribution in [3.05, 3.63) is 77.5 Å². The van der Waals surface area contributed by atoms with E-state index in [0.29, 0.717) is 33.5 Å². The third kappa shape index (κ3) is 4.02. The van der Waals surface area contributed by atoms with E-state index < -0.39 is 11.8 Å². The Balaban J connectivity index is 1.64. The highest BCUT2D eigenvalue weighted by molar-refractivity contribution is 6.08. The minimum Gasteiger partial charge on any atom is -0.378 e. The Morgan fingerprint density at radius 1 is 0.938 bits per heavy atom. The van der Waals surface area contributed by atoms with E-state index in [-0.39, 0.29) is 0 Å². The van der Waals surface area contributed by atoms with Gasteiger partial charge in [-0.15, -0.1) is 0 Å². The number of carbonyl (C=O) groups excluding carboxylic acids is 2. The van der Waals surface area contributed by atoms with Crippen LogP contribution in [-0.4, -0.2) is 40.7 Å². The summed E-state index contributed by atoms with van der Waals surface area (Å²) in [5.41, 5.74) is 9.58. The number of benzene rings is 2. The maximum atomic E-state index is 13.1. The molecule has 0 spiro atoms. The summed E-state index contributed by atoms with van der Waals surface area (Å²) in [7, 11) is 5.58. The molecule has 2 aromatic heterocycles. The number of hydrogen-bond acceptors (Lipinski definition) is 5. The molecule has 0 radical (unpaired) electrons. The summed E-state index contributed by atoms with van der Waals surface area (Å²) in [6, 6.07) is 18.5. The van der Waals surface area contributed by atoms with Crippen LogP contribution in [0.3, 0.4) is 0 Å². The lowest BCUT2D eigenvalue weighted by atomic mass is 10.1. The van der Waals surface area contributed by atoms with Crippen LogP contribution < -0.4 is 15.8 Å². The summed E-state index contributed by atoms with van der Waals surface area (Å²) in [6.07, 6.45) is 0. The number of aryl methyl sites for hydroxylation is 2. The number of nitrogens with one attached hydrogen (secondary N) is 2. The Hall–Kier alpha value is -4.20. The van der Waals surface area contributed by atoms with Gasteiger partial charge >= 0.3 is 0 Å². The number of hydrazine groups is 1. The maximum absolute atomic E-state index is 13.1. The van der Waals surface area contributed by atoms with Crippen molar-refractivity contribution in [1.82, 2.24) is 25.6 Å². The van der Waals surface area contributed by atoms with Gasteiger partial charge in [-0.2, -0.15) is 5.10 Å². The normalized spacial score (nSPS) is 10.8. The largest absolute Gasteiger partial charge is 0.378 e. The minimum atomic E-state index is -0.442. The molecule has 8 nitrogen and oxygen atoms in total. The molecule has 0 atom stereocenters. The Labute approximate surface area is 185 Å². The molecule has 32 heavy (non-hydrogen) atoms. The Morgan fingerprint density at radius 2 is 1.66 bits per heavy atom. The molecule has 0 saturated heterocycles. The lowest BCUT2D eigenvalue weighted by molar-refractivity contribution is 0.0847. The molecule has 0 aliphatic heterocycles. The fourth-order valence-electron chi connectivity index (χ4n) is 3.56. The smallest absolute Gasteiger partial charge is 0.270 e. The van der Waals surface area contributed by atoms with Crippen molar-refractivity contribution in [2.75, 3.05) is 19.0 Å². The molecule has 162 valence electrons. The van der Waals surface area contributed by atoms with Crippen molar-refractivity contribution < 1.29 is 9.59 Å². The van der Waals surface area contributed by atoms with Crippen molar-refractivity contribution in [2.24, 2.45) is 7.05 Å². The first kappa shape index (κ1) is 21.0. The van der Waals surface area contributed by atoms with Crippen molar-refractivity contribution >= 4 is 28.5 Å². The summed E-state index contributed by atoms with van der Waals surface area (Å²) >= 11 is 0. The molecule has 4 rings (SSSR count). The standard InChI is InChI=1S/C24H24N6O2/c1-15-21-19(14-20(16-9-6-5-7-10-16)25-22(21)30(4)28-15)24(32)27-26-23(31)17-11-8-12-18(13-17)29(2)3/h5-14H,1-4H3,(H,26,31)(H,27,32). The summed E-state index contributed by atoms with van der Waals surface area (Å²) in [5, 5.41) is 5.07. The molecule has 2 amide bonds. The van der Waals surface area contributed by atoms with Gasteiger partial charge in [-0.1, -0.05) is 36.4 Å². The molecule has 0 bridgehead atoms. The quantitative estimate of drug-likeness (QED) is 0.488. The van der Waals surface area contributed by atoms with Gasteiger partial charge < -0.3 is 4.90 Å². The second kappa shape index (κ2) is 8.50. The molecule has 0 aliphatic carbocycles. The lowest BCUT2D eigenvalue weighted by Gasteiger charge is -2.14. The van der Waals surface area contributed by atoms with E-state index in [1.807, 2.05) is 62.3 Å². The molecule has 2 aromatic carbocycles. The van der Waals surface area contributed by atoms with Gasteiger partial charge in [-0.25, -0.2) is 4.98 Å². The maximum Gasteiger partial charge on any atom is 0.270 e. The number of anilines is 1. The van der Waals surface area contributed by atoms with E-state index in [2.05, 4.69) is 16.0 Å². The molecule has 0 fully saturated rings. The summed E-state index contributed by atoms with van der Waals surface area (Å²) in [6.45, 7) is 1.83. The van der Waals surface area contributed by atoms with E-state index in [1.165, 1.54) is 0 Å². The Kier molecular flexibility index (Phi) is 5.59. The number of fused-ring (bicyclic) bond motifs is 1. The first-order chi connectivity index (χ1) is 15.3. The fourth-order valence-corrected chi connectivity index (χ4v) is 3.56. The first-order valence-electron chi connectivity index (χ1n) is 10.1. The van der Waals surface area contributed by atoms with Gasteiger partial charge in [0, 0.05) is 38.0 Å². The Bertz CT molecular complexity index is 1310. The predicted octanol–water partition coefficient (Wildman–Crippen LogP) is 3.08.